The molecule has 2 heterocycles. The molecule has 1 fully saturated rings. The Morgan fingerprint density at radius 3 is 2.95 bits per heavy atom. The summed E-state index contributed by atoms with van der Waals surface area (Å²) in [4.78, 5) is 0. The fourth-order valence-electron chi connectivity index (χ4n) is 2.56. The minimum Gasteiger partial charge on any atom is -0.493 e. The van der Waals surface area contributed by atoms with Crippen LogP contribution >= 0.6 is 0 Å². The molecule has 0 amide bonds. The summed E-state index contributed by atoms with van der Waals surface area (Å²) in [5, 5.41) is 7.91. The van der Waals surface area contributed by atoms with Gasteiger partial charge < -0.3 is 19.5 Å². The summed E-state index contributed by atoms with van der Waals surface area (Å²) in [5.41, 5.74) is 1.05. The lowest BCUT2D eigenvalue weighted by Crippen LogP contribution is -2.41. The average molecular weight is 283 g/mol. The highest BCUT2D eigenvalue weighted by Gasteiger charge is 2.31. The van der Waals surface area contributed by atoms with Crippen LogP contribution in [0.4, 0.5) is 0 Å². The number of aromatic nitrogens is 2. The van der Waals surface area contributed by atoms with E-state index in [1.165, 1.54) is 0 Å². The second-order valence-electron chi connectivity index (χ2n) is 4.84. The smallest absolute Gasteiger partial charge is 0.161 e. The highest BCUT2D eigenvalue weighted by atomic mass is 16.6. The van der Waals surface area contributed by atoms with Crippen molar-refractivity contribution in [1.82, 2.24) is 15.1 Å². The second-order valence-corrected chi connectivity index (χ2v) is 4.84. The van der Waals surface area contributed by atoms with E-state index in [2.05, 4.69) is 24.3 Å². The van der Waals surface area contributed by atoms with Gasteiger partial charge in [0, 0.05) is 6.54 Å². The molecule has 0 aromatic carbocycles. The summed E-state index contributed by atoms with van der Waals surface area (Å²) in [7, 11) is 1.68. The highest BCUT2D eigenvalue weighted by Crippen LogP contribution is 2.29. The van der Waals surface area contributed by atoms with Gasteiger partial charge in [0.2, 0.25) is 0 Å². The molecule has 2 atom stereocenters. The van der Waals surface area contributed by atoms with Gasteiger partial charge in [-0.2, -0.15) is 5.10 Å². The Balaban J connectivity index is 2.28. The van der Waals surface area contributed by atoms with Crippen LogP contribution in [-0.2, 0) is 16.0 Å². The molecule has 6 nitrogen and oxygen atoms in total. The maximum Gasteiger partial charge on any atom is 0.161 e. The van der Waals surface area contributed by atoms with Crippen molar-refractivity contribution >= 4 is 0 Å². The van der Waals surface area contributed by atoms with Crippen molar-refractivity contribution in [1.29, 1.82) is 0 Å². The van der Waals surface area contributed by atoms with Gasteiger partial charge in [-0.15, -0.1) is 0 Å². The molecule has 1 aromatic rings. The molecule has 1 aliphatic rings. The van der Waals surface area contributed by atoms with E-state index in [0.29, 0.717) is 19.8 Å². The van der Waals surface area contributed by atoms with E-state index >= 15 is 0 Å². The number of rotatable bonds is 7. The largest absolute Gasteiger partial charge is 0.493 e. The summed E-state index contributed by atoms with van der Waals surface area (Å²) in [6.07, 6.45) is 2.79. The van der Waals surface area contributed by atoms with Crippen LogP contribution in [0.15, 0.2) is 6.20 Å². The normalized spacial score (nSPS) is 20.9. The minimum atomic E-state index is -0.00935. The lowest BCUT2D eigenvalue weighted by molar-refractivity contribution is -0.103. The molecule has 0 radical (unpaired) electrons. The summed E-state index contributed by atoms with van der Waals surface area (Å²) in [5.74, 6) is 0.804. The zero-order chi connectivity index (χ0) is 14.4. The molecule has 0 saturated carbocycles. The average Bonchev–Trinajstić information content (AvgIpc) is 2.89. The molecule has 1 aromatic heterocycles. The Morgan fingerprint density at radius 2 is 2.35 bits per heavy atom. The first-order valence-corrected chi connectivity index (χ1v) is 7.34. The number of hydrogen-bond acceptors (Lipinski definition) is 5. The van der Waals surface area contributed by atoms with Crippen molar-refractivity contribution in [3.63, 3.8) is 0 Å². The molecule has 2 unspecified atom stereocenters. The Bertz CT molecular complexity index is 402. The number of aryl methyl sites for hydroxylation is 1. The van der Waals surface area contributed by atoms with Gasteiger partial charge in [0.25, 0.3) is 0 Å². The third-order valence-corrected chi connectivity index (χ3v) is 3.43. The Morgan fingerprint density at radius 1 is 1.50 bits per heavy atom. The summed E-state index contributed by atoms with van der Waals surface area (Å²) in [6, 6.07) is 0.0318. The minimum absolute atomic E-state index is 0.00935. The van der Waals surface area contributed by atoms with Crippen molar-refractivity contribution in [3.8, 4) is 5.75 Å². The van der Waals surface area contributed by atoms with Crippen LogP contribution in [0.2, 0.25) is 0 Å². The SMILES string of the molecule is CCCn1ncc(OC)c1C(NCC)C1COCCO1. The second kappa shape index (κ2) is 7.61. The molecular weight excluding hydrogens is 258 g/mol. The number of hydrogen-bond donors (Lipinski definition) is 1. The quantitative estimate of drug-likeness (QED) is 0.819. The molecule has 1 aliphatic heterocycles. The van der Waals surface area contributed by atoms with E-state index < -0.39 is 0 Å². The Kier molecular flexibility index (Phi) is 5.82. The highest BCUT2D eigenvalue weighted by molar-refractivity contribution is 5.29. The van der Waals surface area contributed by atoms with Gasteiger partial charge in [0.15, 0.2) is 5.75 Å². The monoisotopic (exact) mass is 283 g/mol. The molecule has 114 valence electrons. The van der Waals surface area contributed by atoms with Crippen molar-refractivity contribution in [2.45, 2.75) is 39.0 Å². The third-order valence-electron chi connectivity index (χ3n) is 3.43. The lowest BCUT2D eigenvalue weighted by Gasteiger charge is -2.31. The van der Waals surface area contributed by atoms with Gasteiger partial charge in [0.1, 0.15) is 11.8 Å². The summed E-state index contributed by atoms with van der Waals surface area (Å²) in [6.45, 7) is 7.85. The molecule has 20 heavy (non-hydrogen) atoms. The zero-order valence-corrected chi connectivity index (χ0v) is 12.6. The zero-order valence-electron chi connectivity index (χ0n) is 12.6. The molecule has 1 saturated heterocycles. The van der Waals surface area contributed by atoms with Crippen molar-refractivity contribution < 1.29 is 14.2 Å². The third kappa shape index (κ3) is 3.31. The summed E-state index contributed by atoms with van der Waals surface area (Å²) >= 11 is 0. The molecule has 0 spiro atoms. The van der Waals surface area contributed by atoms with Crippen LogP contribution in [0.3, 0.4) is 0 Å². The first-order valence-electron chi connectivity index (χ1n) is 7.34. The van der Waals surface area contributed by atoms with E-state index in [-0.39, 0.29) is 12.1 Å². The first kappa shape index (κ1) is 15.3. The first-order chi connectivity index (χ1) is 9.81. The van der Waals surface area contributed by atoms with E-state index in [1.807, 2.05) is 4.68 Å². The van der Waals surface area contributed by atoms with Crippen LogP contribution in [0.25, 0.3) is 0 Å². The standard InChI is InChI=1S/C14H25N3O3/c1-4-6-17-14(11(18-3)9-16-17)13(15-5-2)12-10-19-7-8-20-12/h9,12-13,15H,4-8,10H2,1-3H3. The van der Waals surface area contributed by atoms with Crippen molar-refractivity contribution in [2.24, 2.45) is 0 Å². The fraction of sp³-hybridized carbons (Fsp3) is 0.786. The Hall–Kier alpha value is -1.11. The van der Waals surface area contributed by atoms with Gasteiger partial charge in [-0.25, -0.2) is 0 Å². The number of methoxy groups -OCH3 is 1. The molecule has 0 bridgehead atoms. The van der Waals surface area contributed by atoms with E-state index in [9.17, 15) is 0 Å². The summed E-state index contributed by atoms with van der Waals surface area (Å²) < 4.78 is 18.9. The Labute approximate surface area is 120 Å². The van der Waals surface area contributed by atoms with Gasteiger partial charge in [-0.1, -0.05) is 13.8 Å². The van der Waals surface area contributed by atoms with E-state index in [0.717, 1.165) is 31.0 Å². The molecule has 2 rings (SSSR count). The van der Waals surface area contributed by atoms with Crippen LogP contribution in [-0.4, -0.2) is 49.4 Å². The number of likely N-dealkylation sites (N-methyl/N-ethyl adjacent to an activating group) is 1. The van der Waals surface area contributed by atoms with Gasteiger partial charge in [0.05, 0.1) is 39.2 Å². The van der Waals surface area contributed by atoms with Crippen molar-refractivity contribution in [3.05, 3.63) is 11.9 Å². The maximum atomic E-state index is 5.86. The molecular formula is C14H25N3O3. The van der Waals surface area contributed by atoms with Crippen LogP contribution in [0, 0.1) is 0 Å². The van der Waals surface area contributed by atoms with E-state index in [1.54, 1.807) is 13.3 Å². The number of nitrogens with zero attached hydrogens (tertiary/aromatic N) is 2. The van der Waals surface area contributed by atoms with Gasteiger partial charge in [-0.3, -0.25) is 4.68 Å². The fourth-order valence-corrected chi connectivity index (χ4v) is 2.56. The molecule has 0 aliphatic carbocycles. The molecule has 1 N–H and O–H groups in total. The number of nitrogens with one attached hydrogen (secondary N) is 1. The number of ether oxygens (including phenoxy) is 3. The topological polar surface area (TPSA) is 57.5 Å². The van der Waals surface area contributed by atoms with Crippen LogP contribution < -0.4 is 10.1 Å². The maximum absolute atomic E-state index is 5.86. The van der Waals surface area contributed by atoms with E-state index in [4.69, 9.17) is 14.2 Å². The molecule has 6 heteroatoms. The predicted molar refractivity (Wildman–Crippen MR) is 76.0 cm³/mol. The van der Waals surface area contributed by atoms with Crippen LogP contribution in [0.1, 0.15) is 32.0 Å². The van der Waals surface area contributed by atoms with Crippen molar-refractivity contribution in [2.75, 3.05) is 33.5 Å². The van der Waals surface area contributed by atoms with Gasteiger partial charge >= 0.3 is 0 Å². The lowest BCUT2D eigenvalue weighted by atomic mass is 10.1. The van der Waals surface area contributed by atoms with Gasteiger partial charge in [-0.05, 0) is 13.0 Å². The van der Waals surface area contributed by atoms with Crippen LogP contribution in [0.5, 0.6) is 5.75 Å². The predicted octanol–water partition coefficient (Wildman–Crippen LogP) is 1.37.